The Kier molecular flexibility index (Phi) is 3.87. The first-order valence-corrected chi connectivity index (χ1v) is 7.45. The monoisotopic (exact) mass is 374 g/mol. The Balaban J connectivity index is 2.05. The van der Waals surface area contributed by atoms with Crippen LogP contribution in [0.3, 0.4) is 0 Å². The van der Waals surface area contributed by atoms with E-state index in [4.69, 9.17) is 9.63 Å². The Morgan fingerprint density at radius 1 is 1.26 bits per heavy atom. The summed E-state index contributed by atoms with van der Waals surface area (Å²) in [6.45, 7) is 1.65. The van der Waals surface area contributed by atoms with Crippen LogP contribution in [-0.2, 0) is 0 Å². The number of rotatable bonds is 4. The van der Waals surface area contributed by atoms with E-state index in [0.717, 1.165) is 10.0 Å². The lowest BCUT2D eigenvalue weighted by Gasteiger charge is -2.01. The van der Waals surface area contributed by atoms with Gasteiger partial charge in [-0.3, -0.25) is 4.79 Å². The summed E-state index contributed by atoms with van der Waals surface area (Å²) in [5.41, 5.74) is 1.68. The van der Waals surface area contributed by atoms with E-state index in [0.29, 0.717) is 17.0 Å². The molecule has 0 radical (unpaired) electrons. The maximum Gasteiger partial charge on any atom is 0.352 e. The van der Waals surface area contributed by atoms with Crippen LogP contribution >= 0.6 is 15.9 Å². The van der Waals surface area contributed by atoms with Crippen molar-refractivity contribution in [3.63, 3.8) is 0 Å². The quantitative estimate of drug-likeness (QED) is 0.679. The van der Waals surface area contributed by atoms with Gasteiger partial charge in [0.15, 0.2) is 5.78 Å². The van der Waals surface area contributed by atoms with E-state index in [1.165, 1.54) is 12.3 Å². The summed E-state index contributed by atoms with van der Waals surface area (Å²) in [6.07, 6.45) is 1.36. The third-order valence-corrected chi connectivity index (χ3v) is 3.91. The second-order valence-corrected chi connectivity index (χ2v) is 5.82. The van der Waals surface area contributed by atoms with Gasteiger partial charge in [-0.15, -0.1) is 0 Å². The molecule has 2 N–H and O–H groups in total. The summed E-state index contributed by atoms with van der Waals surface area (Å²) >= 11 is 3.35. The zero-order chi connectivity index (χ0) is 16.6. The highest BCUT2D eigenvalue weighted by Crippen LogP contribution is 2.28. The molecule has 3 aromatic rings. The molecule has 2 aromatic heterocycles. The number of aromatic nitrogens is 2. The normalized spacial score (nSPS) is 10.7. The first kappa shape index (κ1) is 15.2. The molecule has 3 rings (SSSR count). The molecule has 0 saturated heterocycles. The molecule has 0 aliphatic carbocycles. The fourth-order valence-corrected chi connectivity index (χ4v) is 2.50. The highest BCUT2D eigenvalue weighted by Gasteiger charge is 2.24. The lowest BCUT2D eigenvalue weighted by atomic mass is 10.00. The number of halogens is 1. The SMILES string of the molecule is Cc1onc(-c2ccc(Br)cc2)c1C(=O)c1c[nH]c(C(=O)O)c1. The molecule has 116 valence electrons. The number of nitrogens with one attached hydrogen (secondary N) is 1. The number of nitrogens with zero attached hydrogens (tertiary/aromatic N) is 1. The van der Waals surface area contributed by atoms with E-state index in [2.05, 4.69) is 26.1 Å². The van der Waals surface area contributed by atoms with Gasteiger partial charge in [0, 0.05) is 21.8 Å². The van der Waals surface area contributed by atoms with E-state index in [1.807, 2.05) is 24.3 Å². The van der Waals surface area contributed by atoms with Gasteiger partial charge in [-0.25, -0.2) is 4.79 Å². The summed E-state index contributed by atoms with van der Waals surface area (Å²) in [6, 6.07) is 8.61. The summed E-state index contributed by atoms with van der Waals surface area (Å²) in [7, 11) is 0. The van der Waals surface area contributed by atoms with Crippen molar-refractivity contribution in [1.29, 1.82) is 0 Å². The van der Waals surface area contributed by atoms with E-state index < -0.39 is 5.97 Å². The van der Waals surface area contributed by atoms with E-state index >= 15 is 0 Å². The minimum atomic E-state index is -1.13. The number of benzene rings is 1. The molecule has 0 aliphatic heterocycles. The number of aryl methyl sites for hydroxylation is 1. The van der Waals surface area contributed by atoms with Crippen LogP contribution in [0, 0.1) is 6.92 Å². The molecule has 7 heteroatoms. The predicted molar refractivity (Wildman–Crippen MR) is 85.6 cm³/mol. The van der Waals surface area contributed by atoms with Gasteiger partial charge in [0.25, 0.3) is 0 Å². The molecule has 1 aromatic carbocycles. The van der Waals surface area contributed by atoms with Crippen molar-refractivity contribution >= 4 is 27.7 Å². The standard InChI is InChI=1S/C16H11BrN2O4/c1-8-13(15(20)10-6-12(16(21)22)18-7-10)14(19-23-8)9-2-4-11(17)5-3-9/h2-7,18H,1H3,(H,21,22). The van der Waals surface area contributed by atoms with Crippen molar-refractivity contribution in [2.75, 3.05) is 0 Å². The number of carbonyl (C=O) groups excluding carboxylic acids is 1. The van der Waals surface area contributed by atoms with Crippen LogP contribution in [0.15, 0.2) is 45.5 Å². The fourth-order valence-electron chi connectivity index (χ4n) is 2.24. The third kappa shape index (κ3) is 2.83. The van der Waals surface area contributed by atoms with Crippen LogP contribution in [0.2, 0.25) is 0 Å². The number of carboxylic acid groups (broad SMARTS) is 1. The van der Waals surface area contributed by atoms with Crippen molar-refractivity contribution in [2.24, 2.45) is 0 Å². The molecule has 0 atom stereocenters. The van der Waals surface area contributed by atoms with Crippen LogP contribution in [0.5, 0.6) is 0 Å². The third-order valence-electron chi connectivity index (χ3n) is 3.38. The van der Waals surface area contributed by atoms with Crippen LogP contribution < -0.4 is 0 Å². The van der Waals surface area contributed by atoms with Crippen molar-refractivity contribution < 1.29 is 19.2 Å². The largest absolute Gasteiger partial charge is 0.477 e. The first-order valence-electron chi connectivity index (χ1n) is 6.66. The molecule has 6 nitrogen and oxygen atoms in total. The summed E-state index contributed by atoms with van der Waals surface area (Å²) in [4.78, 5) is 26.2. The molecule has 0 amide bonds. The zero-order valence-corrected chi connectivity index (χ0v) is 13.5. The Hall–Kier alpha value is -2.67. The Labute approximate surface area is 139 Å². The Bertz CT molecular complexity index is 893. The second-order valence-electron chi connectivity index (χ2n) is 4.91. The first-order chi connectivity index (χ1) is 11.0. The average Bonchev–Trinajstić information content (AvgIpc) is 3.14. The second kappa shape index (κ2) is 5.85. The minimum absolute atomic E-state index is 0.0485. The number of H-pyrrole nitrogens is 1. The van der Waals surface area contributed by atoms with Crippen molar-refractivity contribution in [3.8, 4) is 11.3 Å². The summed E-state index contributed by atoms with van der Waals surface area (Å²) in [5, 5.41) is 12.9. The van der Waals surface area contributed by atoms with Gasteiger partial charge in [-0.05, 0) is 25.1 Å². The lowest BCUT2D eigenvalue weighted by Crippen LogP contribution is -2.03. The van der Waals surface area contributed by atoms with Crippen LogP contribution in [0.1, 0.15) is 32.2 Å². The zero-order valence-electron chi connectivity index (χ0n) is 12.0. The number of aromatic amines is 1. The van der Waals surface area contributed by atoms with Crippen LogP contribution in [-0.4, -0.2) is 27.0 Å². The van der Waals surface area contributed by atoms with Gasteiger partial charge in [0.1, 0.15) is 17.1 Å². The summed E-state index contributed by atoms with van der Waals surface area (Å²) in [5.74, 6) is -1.09. The number of ketones is 1. The highest BCUT2D eigenvalue weighted by atomic mass is 79.9. The molecular weight excluding hydrogens is 364 g/mol. The number of carbonyl (C=O) groups is 2. The van der Waals surface area contributed by atoms with Crippen molar-refractivity contribution in [3.05, 3.63) is 63.6 Å². The number of aromatic carboxylic acids is 1. The molecule has 0 aliphatic rings. The van der Waals surface area contributed by atoms with E-state index in [-0.39, 0.29) is 17.0 Å². The van der Waals surface area contributed by atoms with Crippen LogP contribution in [0.25, 0.3) is 11.3 Å². The van der Waals surface area contributed by atoms with Crippen LogP contribution in [0.4, 0.5) is 0 Å². The average molecular weight is 375 g/mol. The van der Waals surface area contributed by atoms with Crippen molar-refractivity contribution in [2.45, 2.75) is 6.92 Å². The van der Waals surface area contributed by atoms with Crippen molar-refractivity contribution in [1.82, 2.24) is 10.1 Å². The number of carboxylic acids is 1. The van der Waals surface area contributed by atoms with E-state index in [9.17, 15) is 9.59 Å². The lowest BCUT2D eigenvalue weighted by molar-refractivity contribution is 0.0691. The Morgan fingerprint density at radius 2 is 1.96 bits per heavy atom. The fraction of sp³-hybridized carbons (Fsp3) is 0.0625. The maximum atomic E-state index is 12.7. The van der Waals surface area contributed by atoms with Gasteiger partial charge in [0.2, 0.25) is 0 Å². The minimum Gasteiger partial charge on any atom is -0.477 e. The molecule has 0 spiro atoms. The highest BCUT2D eigenvalue weighted by molar-refractivity contribution is 9.10. The molecule has 0 saturated carbocycles. The number of hydrogen-bond acceptors (Lipinski definition) is 4. The van der Waals surface area contributed by atoms with Gasteiger partial charge in [0.05, 0.1) is 5.56 Å². The molecule has 23 heavy (non-hydrogen) atoms. The topological polar surface area (TPSA) is 96.2 Å². The smallest absolute Gasteiger partial charge is 0.352 e. The molecule has 0 bridgehead atoms. The van der Waals surface area contributed by atoms with Gasteiger partial charge < -0.3 is 14.6 Å². The maximum absolute atomic E-state index is 12.7. The summed E-state index contributed by atoms with van der Waals surface area (Å²) < 4.78 is 6.08. The molecule has 0 fully saturated rings. The molecule has 2 heterocycles. The molecular formula is C16H11BrN2O4. The van der Waals surface area contributed by atoms with Gasteiger partial charge in [-0.1, -0.05) is 33.2 Å². The predicted octanol–water partition coefficient (Wildman–Crippen LogP) is 3.67. The van der Waals surface area contributed by atoms with E-state index in [1.54, 1.807) is 6.92 Å². The molecule has 0 unspecified atom stereocenters. The number of hydrogen-bond donors (Lipinski definition) is 2. The van der Waals surface area contributed by atoms with Gasteiger partial charge >= 0.3 is 5.97 Å². The Morgan fingerprint density at radius 3 is 2.57 bits per heavy atom. The van der Waals surface area contributed by atoms with Gasteiger partial charge in [-0.2, -0.15) is 0 Å².